The fraction of sp³-hybridized carbons (Fsp3) is 0.600. The summed E-state index contributed by atoms with van der Waals surface area (Å²) in [6.07, 6.45) is 8.02. The van der Waals surface area contributed by atoms with Crippen molar-refractivity contribution in [2.24, 2.45) is 5.73 Å². The predicted molar refractivity (Wildman–Crippen MR) is 74.2 cm³/mol. The van der Waals surface area contributed by atoms with Gasteiger partial charge in [-0.25, -0.2) is 4.39 Å². The van der Waals surface area contributed by atoms with Gasteiger partial charge >= 0.3 is 0 Å². The fourth-order valence-corrected chi connectivity index (χ4v) is 3.79. The van der Waals surface area contributed by atoms with Crippen LogP contribution in [0.5, 0.6) is 0 Å². The number of rotatable bonds is 3. The lowest BCUT2D eigenvalue weighted by Gasteiger charge is -2.34. The van der Waals surface area contributed by atoms with E-state index in [0.717, 1.165) is 36.1 Å². The van der Waals surface area contributed by atoms with Crippen molar-refractivity contribution in [1.82, 2.24) is 0 Å². The minimum atomic E-state index is -0.290. The molecule has 0 bridgehead atoms. The van der Waals surface area contributed by atoms with Gasteiger partial charge in [-0.15, -0.1) is 11.8 Å². The molecule has 1 aromatic carbocycles. The van der Waals surface area contributed by atoms with Crippen molar-refractivity contribution in [2.75, 3.05) is 0 Å². The van der Waals surface area contributed by atoms with Crippen molar-refractivity contribution in [3.63, 3.8) is 0 Å². The molecule has 3 rings (SSSR count). The molecule has 0 amide bonds. The minimum Gasteiger partial charge on any atom is -0.321 e. The number of hydrogen-bond donors (Lipinski definition) is 1. The second-order valence-corrected chi connectivity index (χ2v) is 7.02. The number of hydrogen-bond acceptors (Lipinski definition) is 2. The molecule has 2 aliphatic rings. The molecule has 0 aromatic heterocycles. The quantitative estimate of drug-likeness (QED) is 0.886. The van der Waals surface area contributed by atoms with Crippen LogP contribution in [0.3, 0.4) is 0 Å². The summed E-state index contributed by atoms with van der Waals surface area (Å²) in [6.45, 7) is 0. The summed E-state index contributed by atoms with van der Waals surface area (Å²) >= 11 is 1.67. The van der Waals surface area contributed by atoms with Crippen LogP contribution in [0.2, 0.25) is 0 Å². The van der Waals surface area contributed by atoms with E-state index in [1.54, 1.807) is 17.8 Å². The summed E-state index contributed by atoms with van der Waals surface area (Å²) in [6, 6.07) is 5.64. The van der Waals surface area contributed by atoms with Gasteiger partial charge in [-0.2, -0.15) is 0 Å². The Labute approximate surface area is 112 Å². The van der Waals surface area contributed by atoms with Gasteiger partial charge in [0.15, 0.2) is 0 Å². The first-order chi connectivity index (χ1) is 8.67. The Bertz CT molecular complexity index is 436. The van der Waals surface area contributed by atoms with Crippen LogP contribution in [0.15, 0.2) is 23.1 Å². The molecule has 0 unspecified atom stereocenters. The van der Waals surface area contributed by atoms with Crippen LogP contribution in [0.1, 0.15) is 50.5 Å². The zero-order valence-corrected chi connectivity index (χ0v) is 11.4. The third-order valence-electron chi connectivity index (χ3n) is 4.07. The van der Waals surface area contributed by atoms with Gasteiger partial charge in [0.05, 0.1) is 0 Å². The topological polar surface area (TPSA) is 26.0 Å². The van der Waals surface area contributed by atoms with Gasteiger partial charge in [0.2, 0.25) is 0 Å². The minimum absolute atomic E-state index is 0.0835. The first-order valence-electron chi connectivity index (χ1n) is 6.93. The Hall–Kier alpha value is -0.540. The normalized spacial score (nSPS) is 23.0. The highest BCUT2D eigenvalue weighted by molar-refractivity contribution is 8.00. The van der Waals surface area contributed by atoms with E-state index in [4.69, 9.17) is 5.73 Å². The highest BCUT2D eigenvalue weighted by Crippen LogP contribution is 2.41. The van der Waals surface area contributed by atoms with Gasteiger partial charge in [0.25, 0.3) is 0 Å². The summed E-state index contributed by atoms with van der Waals surface area (Å²) in [5.74, 6) is -0.0835. The molecule has 2 aliphatic carbocycles. The lowest BCUT2D eigenvalue weighted by molar-refractivity contribution is 0.301. The highest BCUT2D eigenvalue weighted by atomic mass is 32.2. The standard InChI is InChI=1S/C15H20FNS/c16-13-10-11(15(17)8-2-1-3-9-15)4-7-14(13)18-12-5-6-12/h4,7,10,12H,1-3,5-6,8-9,17H2. The van der Waals surface area contributed by atoms with E-state index in [1.165, 1.54) is 19.3 Å². The molecule has 0 saturated heterocycles. The third-order valence-corrected chi connectivity index (χ3v) is 5.46. The Morgan fingerprint density at radius 3 is 2.50 bits per heavy atom. The van der Waals surface area contributed by atoms with Gasteiger partial charge in [-0.3, -0.25) is 0 Å². The smallest absolute Gasteiger partial charge is 0.137 e. The molecule has 2 fully saturated rings. The predicted octanol–water partition coefficient (Wildman–Crippen LogP) is 4.20. The molecule has 2 saturated carbocycles. The van der Waals surface area contributed by atoms with E-state index < -0.39 is 0 Å². The van der Waals surface area contributed by atoms with Crippen molar-refractivity contribution in [2.45, 2.75) is 60.6 Å². The van der Waals surface area contributed by atoms with Gasteiger partial charge in [0.1, 0.15) is 5.82 Å². The molecular formula is C15H20FNS. The van der Waals surface area contributed by atoms with Crippen molar-refractivity contribution >= 4 is 11.8 Å². The van der Waals surface area contributed by atoms with Crippen LogP contribution in [-0.2, 0) is 5.54 Å². The molecule has 2 N–H and O–H groups in total. The van der Waals surface area contributed by atoms with Crippen molar-refractivity contribution in [3.05, 3.63) is 29.6 Å². The fourth-order valence-electron chi connectivity index (χ4n) is 2.74. The number of thioether (sulfide) groups is 1. The van der Waals surface area contributed by atoms with E-state index in [-0.39, 0.29) is 11.4 Å². The number of nitrogens with two attached hydrogens (primary N) is 1. The molecule has 1 aromatic rings. The van der Waals surface area contributed by atoms with Crippen LogP contribution >= 0.6 is 11.8 Å². The SMILES string of the molecule is NC1(c2ccc(SC3CC3)c(F)c2)CCCCC1. The zero-order chi connectivity index (χ0) is 12.6. The van der Waals surface area contributed by atoms with E-state index in [2.05, 4.69) is 0 Å². The van der Waals surface area contributed by atoms with Crippen LogP contribution in [0, 0.1) is 5.82 Å². The van der Waals surface area contributed by atoms with Crippen LogP contribution < -0.4 is 5.73 Å². The van der Waals surface area contributed by atoms with Gasteiger partial charge in [0, 0.05) is 15.7 Å². The first-order valence-corrected chi connectivity index (χ1v) is 7.81. The third kappa shape index (κ3) is 2.57. The Kier molecular flexibility index (Phi) is 3.37. The summed E-state index contributed by atoms with van der Waals surface area (Å²) < 4.78 is 14.1. The van der Waals surface area contributed by atoms with Crippen molar-refractivity contribution in [1.29, 1.82) is 0 Å². The van der Waals surface area contributed by atoms with Gasteiger partial charge < -0.3 is 5.73 Å². The van der Waals surface area contributed by atoms with Gasteiger partial charge in [-0.05, 0) is 43.4 Å². The molecule has 18 heavy (non-hydrogen) atoms. The largest absolute Gasteiger partial charge is 0.321 e. The Morgan fingerprint density at radius 2 is 1.89 bits per heavy atom. The molecule has 0 aliphatic heterocycles. The van der Waals surface area contributed by atoms with Crippen LogP contribution in [-0.4, -0.2) is 5.25 Å². The lowest BCUT2D eigenvalue weighted by atomic mass is 9.77. The molecule has 0 atom stereocenters. The zero-order valence-electron chi connectivity index (χ0n) is 10.6. The molecule has 1 nitrogen and oxygen atoms in total. The van der Waals surface area contributed by atoms with E-state index in [9.17, 15) is 4.39 Å². The summed E-state index contributed by atoms with van der Waals surface area (Å²) in [7, 11) is 0. The lowest BCUT2D eigenvalue weighted by Crippen LogP contribution is -2.38. The Morgan fingerprint density at radius 1 is 1.17 bits per heavy atom. The molecule has 0 radical (unpaired) electrons. The van der Waals surface area contributed by atoms with Crippen LogP contribution in [0.4, 0.5) is 4.39 Å². The van der Waals surface area contributed by atoms with Gasteiger partial charge in [-0.1, -0.05) is 25.3 Å². The number of benzene rings is 1. The van der Waals surface area contributed by atoms with Crippen LogP contribution in [0.25, 0.3) is 0 Å². The van der Waals surface area contributed by atoms with E-state index in [0.29, 0.717) is 5.25 Å². The molecular weight excluding hydrogens is 245 g/mol. The highest BCUT2D eigenvalue weighted by Gasteiger charge is 2.30. The first kappa shape index (κ1) is 12.5. The second kappa shape index (κ2) is 4.86. The Balaban J connectivity index is 1.81. The summed E-state index contributed by atoms with van der Waals surface area (Å²) in [5.41, 5.74) is 7.14. The average Bonchev–Trinajstić information content (AvgIpc) is 3.17. The molecule has 0 heterocycles. The average molecular weight is 265 g/mol. The van der Waals surface area contributed by atoms with E-state index in [1.807, 2.05) is 12.1 Å². The second-order valence-electron chi connectivity index (χ2n) is 5.68. The maximum atomic E-state index is 14.1. The maximum absolute atomic E-state index is 14.1. The summed E-state index contributed by atoms with van der Waals surface area (Å²) in [4.78, 5) is 0.792. The molecule has 0 spiro atoms. The molecule has 98 valence electrons. The molecule has 3 heteroatoms. The van der Waals surface area contributed by atoms with Crippen molar-refractivity contribution in [3.8, 4) is 0 Å². The van der Waals surface area contributed by atoms with E-state index >= 15 is 0 Å². The number of halogens is 1. The maximum Gasteiger partial charge on any atom is 0.137 e. The summed E-state index contributed by atoms with van der Waals surface area (Å²) in [5, 5.41) is 0.645. The monoisotopic (exact) mass is 265 g/mol. The van der Waals surface area contributed by atoms with Crippen molar-refractivity contribution < 1.29 is 4.39 Å².